The van der Waals surface area contributed by atoms with Gasteiger partial charge >= 0.3 is 0 Å². The van der Waals surface area contributed by atoms with Crippen LogP contribution < -0.4 is 10.2 Å². The average molecular weight is 246 g/mol. The van der Waals surface area contributed by atoms with E-state index in [1.807, 2.05) is 19.1 Å². The van der Waals surface area contributed by atoms with E-state index in [0.717, 1.165) is 37.0 Å². The van der Waals surface area contributed by atoms with Gasteiger partial charge in [-0.15, -0.1) is 6.58 Å². The van der Waals surface area contributed by atoms with Crippen molar-refractivity contribution in [2.45, 2.75) is 39.3 Å². The van der Waals surface area contributed by atoms with Gasteiger partial charge in [0.05, 0.1) is 5.69 Å². The predicted octanol–water partition coefficient (Wildman–Crippen LogP) is 2.05. The van der Waals surface area contributed by atoms with E-state index in [4.69, 9.17) is 0 Å². The number of nitrogens with zero attached hydrogens (tertiary/aromatic N) is 3. The minimum absolute atomic E-state index is 0.608. The highest BCUT2D eigenvalue weighted by molar-refractivity contribution is 5.37. The molecule has 1 aromatic heterocycles. The van der Waals surface area contributed by atoms with E-state index in [9.17, 15) is 0 Å². The molecular weight excluding hydrogens is 224 g/mol. The third-order valence-electron chi connectivity index (χ3n) is 3.02. The molecule has 0 saturated heterocycles. The summed E-state index contributed by atoms with van der Waals surface area (Å²) in [4.78, 5) is 11.5. The molecule has 0 bridgehead atoms. The molecule has 2 rings (SSSR count). The average Bonchev–Trinajstić information content (AvgIpc) is 3.17. The summed E-state index contributed by atoms with van der Waals surface area (Å²) in [6, 6.07) is 2.65. The zero-order chi connectivity index (χ0) is 13.0. The number of hydrogen-bond acceptors (Lipinski definition) is 4. The lowest BCUT2D eigenvalue weighted by molar-refractivity contribution is 0.700. The molecule has 0 aliphatic heterocycles. The molecule has 4 heteroatoms. The monoisotopic (exact) mass is 246 g/mol. The predicted molar refractivity (Wildman–Crippen MR) is 74.7 cm³/mol. The molecule has 1 saturated carbocycles. The lowest BCUT2D eigenvalue weighted by Crippen LogP contribution is -2.28. The molecule has 1 aliphatic carbocycles. The van der Waals surface area contributed by atoms with Gasteiger partial charge in [-0.25, -0.2) is 9.97 Å². The number of rotatable bonds is 7. The van der Waals surface area contributed by atoms with Crippen LogP contribution in [0.1, 0.15) is 31.2 Å². The van der Waals surface area contributed by atoms with Gasteiger partial charge in [0.2, 0.25) is 5.95 Å². The van der Waals surface area contributed by atoms with Crippen molar-refractivity contribution >= 4 is 5.95 Å². The Morgan fingerprint density at radius 2 is 2.28 bits per heavy atom. The normalized spacial score (nSPS) is 14.6. The SMILES string of the molecule is C=CCN(c1nc(C)cc(CNCC)n1)C1CC1. The maximum atomic E-state index is 4.66. The molecule has 0 amide bonds. The summed E-state index contributed by atoms with van der Waals surface area (Å²) in [5.74, 6) is 0.852. The number of anilines is 1. The molecule has 0 aromatic carbocycles. The van der Waals surface area contributed by atoms with Crippen LogP contribution in [-0.2, 0) is 6.54 Å². The maximum absolute atomic E-state index is 4.66. The van der Waals surface area contributed by atoms with Crippen LogP contribution in [0.4, 0.5) is 5.95 Å². The first kappa shape index (κ1) is 13.0. The van der Waals surface area contributed by atoms with E-state index in [-0.39, 0.29) is 0 Å². The summed E-state index contributed by atoms with van der Waals surface area (Å²) in [5.41, 5.74) is 2.09. The van der Waals surface area contributed by atoms with E-state index in [1.54, 1.807) is 0 Å². The van der Waals surface area contributed by atoms with Gasteiger partial charge in [-0.3, -0.25) is 0 Å². The van der Waals surface area contributed by atoms with Crippen LogP contribution in [0.3, 0.4) is 0 Å². The molecule has 0 spiro atoms. The first-order valence-corrected chi connectivity index (χ1v) is 6.67. The topological polar surface area (TPSA) is 41.1 Å². The van der Waals surface area contributed by atoms with Crippen molar-refractivity contribution in [3.63, 3.8) is 0 Å². The molecule has 98 valence electrons. The van der Waals surface area contributed by atoms with Crippen molar-refractivity contribution in [1.29, 1.82) is 0 Å². The quantitative estimate of drug-likeness (QED) is 0.748. The van der Waals surface area contributed by atoms with Crippen molar-refractivity contribution < 1.29 is 0 Å². The fourth-order valence-corrected chi connectivity index (χ4v) is 2.01. The molecular formula is C14H22N4. The Balaban J connectivity index is 2.19. The zero-order valence-electron chi connectivity index (χ0n) is 11.3. The Bertz CT molecular complexity index is 412. The van der Waals surface area contributed by atoms with Gasteiger partial charge in [-0.05, 0) is 32.4 Å². The second-order valence-electron chi connectivity index (χ2n) is 4.75. The molecule has 1 aromatic rings. The van der Waals surface area contributed by atoms with Gasteiger partial charge < -0.3 is 10.2 Å². The van der Waals surface area contributed by atoms with Crippen LogP contribution in [-0.4, -0.2) is 29.1 Å². The van der Waals surface area contributed by atoms with Crippen molar-refractivity contribution in [2.24, 2.45) is 0 Å². The highest BCUT2D eigenvalue weighted by Gasteiger charge is 2.30. The second kappa shape index (κ2) is 5.96. The Kier molecular flexibility index (Phi) is 4.31. The van der Waals surface area contributed by atoms with E-state index in [2.05, 4.69) is 33.7 Å². The third-order valence-corrected chi connectivity index (χ3v) is 3.02. The molecule has 1 N–H and O–H groups in total. The molecule has 0 unspecified atom stereocenters. The lowest BCUT2D eigenvalue weighted by atomic mass is 10.3. The minimum atomic E-state index is 0.608. The Labute approximate surface area is 109 Å². The summed E-state index contributed by atoms with van der Waals surface area (Å²) in [5, 5.41) is 3.31. The number of aromatic nitrogens is 2. The van der Waals surface area contributed by atoms with Gasteiger partial charge in [-0.2, -0.15) is 0 Å². The number of hydrogen-bond donors (Lipinski definition) is 1. The van der Waals surface area contributed by atoms with Gasteiger partial charge in [-0.1, -0.05) is 13.0 Å². The van der Waals surface area contributed by atoms with E-state index < -0.39 is 0 Å². The Morgan fingerprint density at radius 3 is 2.89 bits per heavy atom. The maximum Gasteiger partial charge on any atom is 0.226 e. The van der Waals surface area contributed by atoms with Crippen LogP contribution in [0, 0.1) is 6.92 Å². The van der Waals surface area contributed by atoms with E-state index >= 15 is 0 Å². The lowest BCUT2D eigenvalue weighted by Gasteiger charge is -2.21. The Morgan fingerprint density at radius 1 is 1.50 bits per heavy atom. The molecule has 0 radical (unpaired) electrons. The van der Waals surface area contributed by atoms with Crippen LogP contribution >= 0.6 is 0 Å². The van der Waals surface area contributed by atoms with Crippen LogP contribution in [0.5, 0.6) is 0 Å². The van der Waals surface area contributed by atoms with Gasteiger partial charge in [0.15, 0.2) is 0 Å². The van der Waals surface area contributed by atoms with E-state index in [0.29, 0.717) is 6.04 Å². The van der Waals surface area contributed by atoms with Crippen LogP contribution in [0.2, 0.25) is 0 Å². The summed E-state index contributed by atoms with van der Waals surface area (Å²) < 4.78 is 0. The molecule has 0 atom stereocenters. The van der Waals surface area contributed by atoms with Crippen molar-refractivity contribution in [1.82, 2.24) is 15.3 Å². The van der Waals surface area contributed by atoms with Gasteiger partial charge in [0.1, 0.15) is 0 Å². The standard InChI is InChI=1S/C14H22N4/c1-4-8-18(13-6-7-13)14-16-11(3)9-12(17-14)10-15-5-2/h4,9,13,15H,1,5-8,10H2,2-3H3. The van der Waals surface area contributed by atoms with Gasteiger partial charge in [0.25, 0.3) is 0 Å². The zero-order valence-corrected chi connectivity index (χ0v) is 11.3. The summed E-state index contributed by atoms with van der Waals surface area (Å²) >= 11 is 0. The van der Waals surface area contributed by atoms with Gasteiger partial charge in [0, 0.05) is 24.8 Å². The van der Waals surface area contributed by atoms with Crippen LogP contribution in [0.15, 0.2) is 18.7 Å². The smallest absolute Gasteiger partial charge is 0.226 e. The van der Waals surface area contributed by atoms with Crippen molar-refractivity contribution in [3.8, 4) is 0 Å². The molecule has 1 heterocycles. The number of nitrogens with one attached hydrogen (secondary N) is 1. The van der Waals surface area contributed by atoms with Crippen molar-refractivity contribution in [3.05, 3.63) is 30.1 Å². The highest BCUT2D eigenvalue weighted by atomic mass is 15.3. The largest absolute Gasteiger partial charge is 0.334 e. The molecule has 4 nitrogen and oxygen atoms in total. The first-order chi connectivity index (χ1) is 8.74. The van der Waals surface area contributed by atoms with Crippen molar-refractivity contribution in [2.75, 3.05) is 18.0 Å². The fourth-order valence-electron chi connectivity index (χ4n) is 2.01. The highest BCUT2D eigenvalue weighted by Crippen LogP contribution is 2.29. The third kappa shape index (κ3) is 3.29. The summed E-state index contributed by atoms with van der Waals surface area (Å²) in [6.45, 7) is 10.5. The summed E-state index contributed by atoms with van der Waals surface area (Å²) in [7, 11) is 0. The fraction of sp³-hybridized carbons (Fsp3) is 0.571. The second-order valence-corrected chi connectivity index (χ2v) is 4.75. The molecule has 1 fully saturated rings. The van der Waals surface area contributed by atoms with E-state index in [1.165, 1.54) is 12.8 Å². The Hall–Kier alpha value is -1.42. The minimum Gasteiger partial charge on any atom is -0.334 e. The van der Waals surface area contributed by atoms with Crippen LogP contribution in [0.25, 0.3) is 0 Å². The summed E-state index contributed by atoms with van der Waals surface area (Å²) in [6.07, 6.45) is 4.41. The molecule has 1 aliphatic rings. The number of aryl methyl sites for hydroxylation is 1. The molecule has 18 heavy (non-hydrogen) atoms. The first-order valence-electron chi connectivity index (χ1n) is 6.67.